The molecule has 3 aromatic rings. The molecule has 0 radical (unpaired) electrons. The molecule has 6 nitrogen and oxygen atoms in total. The molecule has 1 heterocycles. The molecule has 0 unspecified atom stereocenters. The summed E-state index contributed by atoms with van der Waals surface area (Å²) in [5, 5.41) is 48.5. The Morgan fingerprint density at radius 1 is 0.722 bits per heavy atom. The lowest BCUT2D eigenvalue weighted by Crippen LogP contribution is -1.74. The number of phenolic OH excluding ortho intramolecular Hbond substituents is 5. The van der Waals surface area contributed by atoms with Gasteiger partial charge in [-0.25, -0.2) is 0 Å². The first-order valence-electron chi connectivity index (χ1n) is 5.10. The molecule has 0 saturated carbocycles. The molecule has 0 aliphatic heterocycles. The lowest BCUT2D eigenvalue weighted by molar-refractivity contribution is 0.401. The fraction of sp³-hybridized carbons (Fsp3) is 0. The Morgan fingerprint density at radius 3 is 2.11 bits per heavy atom. The molecule has 6 N–H and O–H groups in total. The van der Waals surface area contributed by atoms with Gasteiger partial charge < -0.3 is 30.5 Å². The monoisotopic (exact) mass is 247 g/mol. The number of aromatic amines is 1. The minimum Gasteiger partial charge on any atom is -0.508 e. The van der Waals surface area contributed by atoms with Gasteiger partial charge in [0.2, 0.25) is 0 Å². The van der Waals surface area contributed by atoms with Crippen LogP contribution in [0.5, 0.6) is 28.7 Å². The van der Waals surface area contributed by atoms with Crippen molar-refractivity contribution in [3.63, 3.8) is 0 Å². The highest BCUT2D eigenvalue weighted by molar-refractivity contribution is 6.15. The van der Waals surface area contributed by atoms with Crippen molar-refractivity contribution in [3.05, 3.63) is 18.2 Å². The molecular formula is C12H9NO5. The molecule has 6 heteroatoms. The summed E-state index contributed by atoms with van der Waals surface area (Å²) in [5.41, 5.74) is 0.419. The van der Waals surface area contributed by atoms with E-state index in [-0.39, 0.29) is 33.5 Å². The topological polar surface area (TPSA) is 117 Å². The Labute approximate surface area is 100.0 Å². The summed E-state index contributed by atoms with van der Waals surface area (Å²) in [6, 6.07) is 3.45. The van der Waals surface area contributed by atoms with Crippen molar-refractivity contribution in [1.82, 2.24) is 4.98 Å². The van der Waals surface area contributed by atoms with Gasteiger partial charge in [0.05, 0.1) is 21.8 Å². The summed E-state index contributed by atoms with van der Waals surface area (Å²) < 4.78 is 0. The van der Waals surface area contributed by atoms with E-state index < -0.39 is 11.5 Å². The number of rotatable bonds is 0. The molecule has 0 saturated heterocycles. The molecule has 92 valence electrons. The number of nitrogens with one attached hydrogen (secondary N) is 1. The Hall–Kier alpha value is -2.76. The van der Waals surface area contributed by atoms with Crippen LogP contribution >= 0.6 is 0 Å². The Bertz CT molecular complexity index is 790. The van der Waals surface area contributed by atoms with Crippen LogP contribution in [0.4, 0.5) is 0 Å². The molecule has 0 fully saturated rings. The Morgan fingerprint density at radius 2 is 1.39 bits per heavy atom. The minimum atomic E-state index is -0.477. The molecule has 0 spiro atoms. The second-order valence-corrected chi connectivity index (χ2v) is 4.03. The maximum absolute atomic E-state index is 9.79. The van der Waals surface area contributed by atoms with Gasteiger partial charge in [0, 0.05) is 18.2 Å². The van der Waals surface area contributed by atoms with Crippen molar-refractivity contribution in [1.29, 1.82) is 0 Å². The minimum absolute atomic E-state index is 0.0865. The molecule has 0 atom stereocenters. The molecule has 0 aliphatic carbocycles. The lowest BCUT2D eigenvalue weighted by Gasteiger charge is -2.02. The molecule has 0 aliphatic rings. The van der Waals surface area contributed by atoms with E-state index in [9.17, 15) is 25.5 Å². The van der Waals surface area contributed by atoms with E-state index in [2.05, 4.69) is 4.98 Å². The summed E-state index contributed by atoms with van der Waals surface area (Å²) in [6.45, 7) is 0. The summed E-state index contributed by atoms with van der Waals surface area (Å²) in [7, 11) is 0. The lowest BCUT2D eigenvalue weighted by atomic mass is 10.1. The number of hydrogen-bond acceptors (Lipinski definition) is 5. The van der Waals surface area contributed by atoms with Crippen molar-refractivity contribution in [3.8, 4) is 28.7 Å². The first-order chi connectivity index (χ1) is 8.49. The van der Waals surface area contributed by atoms with E-state index in [0.717, 1.165) is 12.1 Å². The number of aromatic hydroxyl groups is 5. The predicted octanol–water partition coefficient (Wildman–Crippen LogP) is 1.85. The first-order valence-corrected chi connectivity index (χ1v) is 5.10. The van der Waals surface area contributed by atoms with Crippen LogP contribution in [0.15, 0.2) is 18.2 Å². The van der Waals surface area contributed by atoms with E-state index in [1.165, 1.54) is 6.07 Å². The number of phenols is 5. The number of fused-ring (bicyclic) bond motifs is 3. The van der Waals surface area contributed by atoms with Gasteiger partial charge in [-0.1, -0.05) is 0 Å². The van der Waals surface area contributed by atoms with E-state index in [1.54, 1.807) is 0 Å². The van der Waals surface area contributed by atoms with Gasteiger partial charge in [0.25, 0.3) is 0 Å². The van der Waals surface area contributed by atoms with Crippen molar-refractivity contribution in [2.24, 2.45) is 0 Å². The van der Waals surface area contributed by atoms with Gasteiger partial charge >= 0.3 is 0 Å². The number of hydrogen-bond donors (Lipinski definition) is 6. The van der Waals surface area contributed by atoms with Crippen LogP contribution in [-0.2, 0) is 0 Å². The average molecular weight is 247 g/mol. The van der Waals surface area contributed by atoms with Gasteiger partial charge in [-0.05, 0) is 0 Å². The highest BCUT2D eigenvalue weighted by Crippen LogP contribution is 2.45. The molecule has 18 heavy (non-hydrogen) atoms. The number of H-pyrrole nitrogens is 1. The fourth-order valence-corrected chi connectivity index (χ4v) is 2.13. The van der Waals surface area contributed by atoms with Gasteiger partial charge in [-0.15, -0.1) is 0 Å². The zero-order valence-corrected chi connectivity index (χ0v) is 8.97. The second kappa shape index (κ2) is 3.13. The molecule has 1 aromatic heterocycles. The molecule has 0 bridgehead atoms. The molecule has 3 rings (SSSR count). The van der Waals surface area contributed by atoms with Crippen LogP contribution in [0.3, 0.4) is 0 Å². The standard InChI is InChI=1S/C12H9NO5/c14-4-1-5-9(6(15)2-4)10-7(16)3-8(17)12(18)11(10)13-5/h1-3,13-18H. The molecule has 0 amide bonds. The first kappa shape index (κ1) is 10.4. The third-order valence-electron chi connectivity index (χ3n) is 2.87. The largest absolute Gasteiger partial charge is 0.508 e. The van der Waals surface area contributed by atoms with Crippen molar-refractivity contribution in [2.45, 2.75) is 0 Å². The SMILES string of the molecule is Oc1cc(O)c2c(c1)[nH]c1c(O)c(O)cc(O)c12. The van der Waals surface area contributed by atoms with Crippen molar-refractivity contribution in [2.75, 3.05) is 0 Å². The summed E-state index contributed by atoms with van der Waals surface area (Å²) in [5.74, 6) is -1.59. The maximum Gasteiger partial charge on any atom is 0.182 e. The zero-order chi connectivity index (χ0) is 13.0. The van der Waals surface area contributed by atoms with Crippen LogP contribution < -0.4 is 0 Å². The van der Waals surface area contributed by atoms with Gasteiger partial charge in [-0.3, -0.25) is 0 Å². The highest BCUT2D eigenvalue weighted by Gasteiger charge is 2.18. The van der Waals surface area contributed by atoms with E-state index in [4.69, 9.17) is 0 Å². The van der Waals surface area contributed by atoms with Crippen molar-refractivity contribution < 1.29 is 25.5 Å². The summed E-state index contributed by atoms with van der Waals surface area (Å²) in [6.07, 6.45) is 0. The third-order valence-corrected chi connectivity index (χ3v) is 2.87. The van der Waals surface area contributed by atoms with Gasteiger partial charge in [-0.2, -0.15) is 0 Å². The maximum atomic E-state index is 9.79. The van der Waals surface area contributed by atoms with Crippen molar-refractivity contribution >= 4 is 21.8 Å². The zero-order valence-electron chi connectivity index (χ0n) is 8.97. The highest BCUT2D eigenvalue weighted by atomic mass is 16.3. The van der Waals surface area contributed by atoms with Crippen LogP contribution in [0.2, 0.25) is 0 Å². The number of aromatic nitrogens is 1. The van der Waals surface area contributed by atoms with Crippen LogP contribution in [0.25, 0.3) is 21.8 Å². The van der Waals surface area contributed by atoms with Crippen LogP contribution in [0.1, 0.15) is 0 Å². The summed E-state index contributed by atoms with van der Waals surface area (Å²) >= 11 is 0. The van der Waals surface area contributed by atoms with Crippen LogP contribution in [0, 0.1) is 0 Å². The van der Waals surface area contributed by atoms with Gasteiger partial charge in [0.1, 0.15) is 17.2 Å². The Balaban J connectivity index is 2.64. The molecular weight excluding hydrogens is 238 g/mol. The Kier molecular flexibility index (Phi) is 1.81. The van der Waals surface area contributed by atoms with E-state index in [0.29, 0.717) is 5.52 Å². The fourth-order valence-electron chi connectivity index (χ4n) is 2.13. The average Bonchev–Trinajstić information content (AvgIpc) is 2.65. The van der Waals surface area contributed by atoms with E-state index in [1.807, 2.05) is 0 Å². The summed E-state index contributed by atoms with van der Waals surface area (Å²) in [4.78, 5) is 2.72. The smallest absolute Gasteiger partial charge is 0.182 e. The van der Waals surface area contributed by atoms with E-state index >= 15 is 0 Å². The molecule has 2 aromatic carbocycles. The second-order valence-electron chi connectivity index (χ2n) is 4.03. The normalized spacial score (nSPS) is 11.3. The quantitative estimate of drug-likeness (QED) is 0.268. The number of benzene rings is 2. The van der Waals surface area contributed by atoms with Crippen LogP contribution in [-0.4, -0.2) is 30.5 Å². The predicted molar refractivity (Wildman–Crippen MR) is 64.1 cm³/mol. The van der Waals surface area contributed by atoms with Gasteiger partial charge in [0.15, 0.2) is 11.5 Å². The third kappa shape index (κ3) is 1.17.